The van der Waals surface area contributed by atoms with Gasteiger partial charge in [-0.2, -0.15) is 5.26 Å². The molecule has 1 amide bonds. The van der Waals surface area contributed by atoms with Crippen LogP contribution >= 0.6 is 15.9 Å². The van der Waals surface area contributed by atoms with Gasteiger partial charge < -0.3 is 5.32 Å². The summed E-state index contributed by atoms with van der Waals surface area (Å²) >= 11 is 3.43. The summed E-state index contributed by atoms with van der Waals surface area (Å²) in [6.07, 6.45) is 1.74. The van der Waals surface area contributed by atoms with Crippen LogP contribution in [0.3, 0.4) is 0 Å². The molecule has 1 heterocycles. The lowest BCUT2D eigenvalue weighted by atomic mass is 9.99. The molecule has 134 valence electrons. The monoisotopic (exact) mass is 419 g/mol. The number of halogens is 1. The van der Waals surface area contributed by atoms with Gasteiger partial charge in [-0.3, -0.25) is 9.78 Å². The maximum atomic E-state index is 12.6. The Hall–Kier alpha value is -2.97. The smallest absolute Gasteiger partial charge is 0.231 e. The van der Waals surface area contributed by atoms with E-state index in [-0.39, 0.29) is 11.8 Å². The fourth-order valence-electron chi connectivity index (χ4n) is 2.82. The number of hydrogen-bond acceptors (Lipinski definition) is 3. The van der Waals surface area contributed by atoms with Crippen molar-refractivity contribution >= 4 is 27.5 Å². The van der Waals surface area contributed by atoms with Crippen LogP contribution in [0.4, 0.5) is 5.69 Å². The average molecular weight is 420 g/mol. The van der Waals surface area contributed by atoms with Crippen LogP contribution < -0.4 is 5.32 Å². The summed E-state index contributed by atoms with van der Waals surface area (Å²) in [6.45, 7) is 3.77. The van der Waals surface area contributed by atoms with Gasteiger partial charge in [0, 0.05) is 16.4 Å². The second kappa shape index (κ2) is 8.15. The van der Waals surface area contributed by atoms with E-state index in [2.05, 4.69) is 32.3 Å². The highest BCUT2D eigenvalue weighted by molar-refractivity contribution is 9.10. The minimum Gasteiger partial charge on any atom is -0.324 e. The molecule has 0 aliphatic rings. The zero-order valence-corrected chi connectivity index (χ0v) is 16.6. The van der Waals surface area contributed by atoms with Gasteiger partial charge in [-0.25, -0.2) is 0 Å². The number of nitrogens with one attached hydrogen (secondary N) is 1. The number of hydrogen-bond donors (Lipinski definition) is 1. The molecule has 5 heteroatoms. The summed E-state index contributed by atoms with van der Waals surface area (Å²) in [5.41, 5.74) is 4.65. The van der Waals surface area contributed by atoms with E-state index >= 15 is 0 Å². The Balaban J connectivity index is 1.84. The van der Waals surface area contributed by atoms with E-state index in [1.807, 2.05) is 56.3 Å². The van der Waals surface area contributed by atoms with Crippen LogP contribution in [0.25, 0.3) is 11.1 Å². The van der Waals surface area contributed by atoms with Crippen molar-refractivity contribution in [1.29, 1.82) is 5.26 Å². The quantitative estimate of drug-likeness (QED) is 0.612. The number of aryl methyl sites for hydroxylation is 1. The van der Waals surface area contributed by atoms with Crippen LogP contribution in [0.1, 0.15) is 29.7 Å². The number of aromatic nitrogens is 1. The van der Waals surface area contributed by atoms with Gasteiger partial charge in [-0.15, -0.1) is 0 Å². The van der Waals surface area contributed by atoms with E-state index in [4.69, 9.17) is 0 Å². The predicted octanol–water partition coefficient (Wildman–Crippen LogP) is 5.43. The number of carbonyl (C=O) groups excluding carboxylic acids is 1. The number of carbonyl (C=O) groups is 1. The van der Waals surface area contributed by atoms with Crippen molar-refractivity contribution in [3.05, 3.63) is 82.1 Å². The topological polar surface area (TPSA) is 65.8 Å². The molecule has 0 aliphatic carbocycles. The number of pyridine rings is 1. The summed E-state index contributed by atoms with van der Waals surface area (Å²) in [4.78, 5) is 16.8. The number of rotatable bonds is 4. The molecule has 0 bridgehead atoms. The van der Waals surface area contributed by atoms with E-state index < -0.39 is 0 Å². The lowest BCUT2D eigenvalue weighted by Gasteiger charge is -2.14. The van der Waals surface area contributed by atoms with E-state index in [1.54, 1.807) is 18.3 Å². The predicted molar refractivity (Wildman–Crippen MR) is 110 cm³/mol. The number of anilines is 1. The molecule has 4 nitrogen and oxygen atoms in total. The van der Waals surface area contributed by atoms with Gasteiger partial charge in [0.2, 0.25) is 5.91 Å². The van der Waals surface area contributed by atoms with E-state index in [1.165, 1.54) is 0 Å². The van der Waals surface area contributed by atoms with Gasteiger partial charge >= 0.3 is 0 Å². The fourth-order valence-corrected chi connectivity index (χ4v) is 3.24. The third kappa shape index (κ3) is 4.42. The van der Waals surface area contributed by atoms with Crippen molar-refractivity contribution in [3.8, 4) is 17.2 Å². The first-order valence-corrected chi connectivity index (χ1v) is 9.30. The maximum absolute atomic E-state index is 12.6. The van der Waals surface area contributed by atoms with Crippen molar-refractivity contribution in [2.45, 2.75) is 19.8 Å². The highest BCUT2D eigenvalue weighted by Gasteiger charge is 2.17. The Morgan fingerprint density at radius 2 is 1.93 bits per heavy atom. The highest BCUT2D eigenvalue weighted by atomic mass is 79.9. The van der Waals surface area contributed by atoms with Crippen LogP contribution in [0.15, 0.2) is 65.3 Å². The third-order valence-corrected chi connectivity index (χ3v) is 4.86. The Bertz CT molecular complexity index is 1040. The summed E-state index contributed by atoms with van der Waals surface area (Å²) in [5, 5.41) is 12.4. The van der Waals surface area contributed by atoms with Crippen LogP contribution in [0.5, 0.6) is 0 Å². The first-order valence-electron chi connectivity index (χ1n) is 8.51. The van der Waals surface area contributed by atoms with Gasteiger partial charge in [-0.05, 0) is 66.9 Å². The minimum absolute atomic E-state index is 0.155. The molecule has 0 saturated carbocycles. The standard InChI is InChI=1S/C22H18BrN3O/c1-14-10-18(8-9-25-14)17-6-7-21(19(11-17)13-24)26-22(27)15(2)16-4-3-5-20(23)12-16/h3-12,15H,1-2H3,(H,26,27). The van der Waals surface area contributed by atoms with Crippen molar-refractivity contribution in [1.82, 2.24) is 4.98 Å². The molecule has 1 aromatic heterocycles. The van der Waals surface area contributed by atoms with Crippen LogP contribution in [-0.2, 0) is 4.79 Å². The van der Waals surface area contributed by atoms with E-state index in [0.717, 1.165) is 26.9 Å². The first-order chi connectivity index (χ1) is 13.0. The van der Waals surface area contributed by atoms with Crippen LogP contribution in [-0.4, -0.2) is 10.9 Å². The number of benzene rings is 2. The summed E-state index contributed by atoms with van der Waals surface area (Å²) < 4.78 is 0.925. The number of nitriles is 1. The normalized spacial score (nSPS) is 11.5. The molecule has 1 unspecified atom stereocenters. The molecule has 0 spiro atoms. The largest absolute Gasteiger partial charge is 0.324 e. The van der Waals surface area contributed by atoms with Gasteiger partial charge in [0.25, 0.3) is 0 Å². The molecule has 2 aromatic carbocycles. The molecule has 0 saturated heterocycles. The summed E-state index contributed by atoms with van der Waals surface area (Å²) in [5.74, 6) is -0.492. The Morgan fingerprint density at radius 3 is 2.63 bits per heavy atom. The van der Waals surface area contributed by atoms with Crippen molar-refractivity contribution in [2.75, 3.05) is 5.32 Å². The molecule has 0 aliphatic heterocycles. The molecule has 3 aromatic rings. The highest BCUT2D eigenvalue weighted by Crippen LogP contribution is 2.27. The van der Waals surface area contributed by atoms with Crippen molar-refractivity contribution in [2.24, 2.45) is 0 Å². The van der Waals surface area contributed by atoms with E-state index in [9.17, 15) is 10.1 Å². The second-order valence-electron chi connectivity index (χ2n) is 6.32. The lowest BCUT2D eigenvalue weighted by Crippen LogP contribution is -2.19. The summed E-state index contributed by atoms with van der Waals surface area (Å²) in [7, 11) is 0. The zero-order chi connectivity index (χ0) is 19.4. The molecule has 27 heavy (non-hydrogen) atoms. The van der Waals surface area contributed by atoms with Gasteiger partial charge in [-0.1, -0.05) is 34.1 Å². The molecular weight excluding hydrogens is 402 g/mol. The second-order valence-corrected chi connectivity index (χ2v) is 7.24. The summed E-state index contributed by atoms with van der Waals surface area (Å²) in [6, 6.07) is 19.1. The van der Waals surface area contributed by atoms with Gasteiger partial charge in [0.1, 0.15) is 6.07 Å². The number of amides is 1. The number of nitrogens with zero attached hydrogens (tertiary/aromatic N) is 2. The van der Waals surface area contributed by atoms with Gasteiger partial charge in [0.15, 0.2) is 0 Å². The first kappa shape index (κ1) is 18.8. The third-order valence-electron chi connectivity index (χ3n) is 4.37. The molecule has 3 rings (SSSR count). The van der Waals surface area contributed by atoms with Crippen LogP contribution in [0.2, 0.25) is 0 Å². The fraction of sp³-hybridized carbons (Fsp3) is 0.136. The Morgan fingerprint density at radius 1 is 1.15 bits per heavy atom. The van der Waals surface area contributed by atoms with Gasteiger partial charge in [0.05, 0.1) is 17.2 Å². The Labute approximate surface area is 167 Å². The molecule has 0 fully saturated rings. The molecule has 1 atom stereocenters. The molecule has 1 N–H and O–H groups in total. The van der Waals surface area contributed by atoms with Crippen LogP contribution in [0, 0.1) is 18.3 Å². The molecular formula is C22H18BrN3O. The minimum atomic E-state index is -0.337. The zero-order valence-electron chi connectivity index (χ0n) is 15.0. The molecule has 0 radical (unpaired) electrons. The SMILES string of the molecule is Cc1cc(-c2ccc(NC(=O)C(C)c3cccc(Br)c3)c(C#N)c2)ccn1. The lowest BCUT2D eigenvalue weighted by molar-refractivity contribution is -0.117. The maximum Gasteiger partial charge on any atom is 0.231 e. The Kier molecular flexibility index (Phi) is 5.68. The average Bonchev–Trinajstić information content (AvgIpc) is 2.67. The van der Waals surface area contributed by atoms with Crippen molar-refractivity contribution in [3.63, 3.8) is 0 Å². The van der Waals surface area contributed by atoms with Crippen molar-refractivity contribution < 1.29 is 4.79 Å². The van der Waals surface area contributed by atoms with E-state index in [0.29, 0.717) is 11.3 Å².